The first-order valence-electron chi connectivity index (χ1n) is 8.07. The number of phosphoric ester groups is 2. The Kier molecular flexibility index (Phi) is 8.01. The average molecular weight is 428 g/mol. The molecule has 0 unspecified atom stereocenters. The molecule has 2 rings (SSSR count). The molecule has 0 saturated carbocycles. The van der Waals surface area contributed by atoms with Crippen LogP contribution in [0.5, 0.6) is 0 Å². The molecule has 0 fully saturated rings. The van der Waals surface area contributed by atoms with Gasteiger partial charge in [0.15, 0.2) is 11.5 Å². The molecule has 10 heteroatoms. The minimum absolute atomic E-state index is 0.0202. The first kappa shape index (κ1) is 22.4. The number of rotatable bonds is 10. The van der Waals surface area contributed by atoms with E-state index in [1.54, 1.807) is 60.7 Å². The summed E-state index contributed by atoms with van der Waals surface area (Å²) in [5.41, 5.74) is 0.962. The Hall–Kier alpha value is -1.92. The first-order chi connectivity index (χ1) is 13.4. The lowest BCUT2D eigenvalue weighted by molar-refractivity contribution is 0.191. The maximum Gasteiger partial charge on any atom is 0.529 e. The van der Waals surface area contributed by atoms with Gasteiger partial charge in [-0.3, -0.25) is 18.1 Å². The molecular weight excluding hydrogens is 406 g/mol. The second-order valence-corrected chi connectivity index (χ2v) is 8.81. The van der Waals surface area contributed by atoms with E-state index in [0.717, 1.165) is 0 Å². The molecule has 0 bridgehead atoms. The van der Waals surface area contributed by atoms with E-state index in [1.807, 2.05) is 0 Å². The van der Waals surface area contributed by atoms with Crippen molar-refractivity contribution in [3.05, 3.63) is 71.8 Å². The lowest BCUT2D eigenvalue weighted by atomic mass is 10.1. The van der Waals surface area contributed by atoms with Crippen molar-refractivity contribution in [3.63, 3.8) is 0 Å². The van der Waals surface area contributed by atoms with Crippen LogP contribution in [-0.2, 0) is 36.3 Å². The predicted molar refractivity (Wildman–Crippen MR) is 105 cm³/mol. The molecule has 0 aliphatic rings. The highest BCUT2D eigenvalue weighted by Gasteiger charge is 2.33. The van der Waals surface area contributed by atoms with E-state index in [-0.39, 0.29) is 11.5 Å². The van der Waals surface area contributed by atoms with Crippen molar-refractivity contribution in [3.8, 4) is 0 Å². The topological polar surface area (TPSA) is 89.5 Å². The molecule has 0 aromatic heterocycles. The summed E-state index contributed by atoms with van der Waals surface area (Å²) in [5, 5.41) is 0. The number of hydrogen-bond donors (Lipinski definition) is 0. The Balaban J connectivity index is 2.75. The van der Waals surface area contributed by atoms with Crippen molar-refractivity contribution in [1.29, 1.82) is 0 Å². The highest BCUT2D eigenvalue weighted by molar-refractivity contribution is 7.49. The molecule has 0 spiro atoms. The average Bonchev–Trinajstić information content (AvgIpc) is 2.77. The maximum atomic E-state index is 12.7. The summed E-state index contributed by atoms with van der Waals surface area (Å²) in [4.78, 5) is 0. The fourth-order valence-electron chi connectivity index (χ4n) is 2.15. The van der Waals surface area contributed by atoms with E-state index in [4.69, 9.17) is 27.1 Å². The van der Waals surface area contributed by atoms with Gasteiger partial charge in [0.05, 0.1) is 0 Å². The van der Waals surface area contributed by atoms with Crippen LogP contribution in [0.3, 0.4) is 0 Å². The van der Waals surface area contributed by atoms with E-state index in [0.29, 0.717) is 11.1 Å². The predicted octanol–water partition coefficient (Wildman–Crippen LogP) is 5.35. The summed E-state index contributed by atoms with van der Waals surface area (Å²) in [7, 11) is -3.19. The maximum absolute atomic E-state index is 12.7. The Morgan fingerprint density at radius 1 is 0.571 bits per heavy atom. The molecule has 0 heterocycles. The van der Waals surface area contributed by atoms with E-state index in [1.165, 1.54) is 28.4 Å². The highest BCUT2D eigenvalue weighted by Crippen LogP contribution is 2.56. The summed E-state index contributed by atoms with van der Waals surface area (Å²) in [6.07, 6.45) is 0. The fourth-order valence-corrected chi connectivity index (χ4v) is 3.57. The second-order valence-electron chi connectivity index (χ2n) is 5.20. The monoisotopic (exact) mass is 428 g/mol. The van der Waals surface area contributed by atoms with Gasteiger partial charge in [0.1, 0.15) is 0 Å². The van der Waals surface area contributed by atoms with Crippen molar-refractivity contribution < 1.29 is 36.3 Å². The van der Waals surface area contributed by atoms with Gasteiger partial charge in [-0.05, 0) is 0 Å². The van der Waals surface area contributed by atoms with Crippen molar-refractivity contribution in [2.75, 3.05) is 28.4 Å². The third-order valence-corrected chi connectivity index (χ3v) is 6.18. The zero-order valence-electron chi connectivity index (χ0n) is 15.9. The summed E-state index contributed by atoms with van der Waals surface area (Å²) < 4.78 is 56.2. The van der Waals surface area contributed by atoms with Crippen LogP contribution in [0.1, 0.15) is 11.1 Å². The van der Waals surface area contributed by atoms with Crippen molar-refractivity contribution >= 4 is 27.2 Å². The molecule has 2 aromatic carbocycles. The smallest absolute Gasteiger partial charge is 0.399 e. The van der Waals surface area contributed by atoms with Gasteiger partial charge < -0.3 is 9.05 Å². The molecule has 8 nitrogen and oxygen atoms in total. The molecule has 0 atom stereocenters. The van der Waals surface area contributed by atoms with E-state index in [2.05, 4.69) is 0 Å². The van der Waals surface area contributed by atoms with Gasteiger partial charge in [-0.1, -0.05) is 60.7 Å². The Bertz CT molecular complexity index is 793. The molecule has 0 aliphatic heterocycles. The summed E-state index contributed by atoms with van der Waals surface area (Å²) >= 11 is 0. The van der Waals surface area contributed by atoms with E-state index < -0.39 is 15.6 Å². The van der Waals surface area contributed by atoms with Gasteiger partial charge in [-0.15, -0.1) is 0 Å². The zero-order valence-corrected chi connectivity index (χ0v) is 17.7. The molecule has 0 radical (unpaired) electrons. The van der Waals surface area contributed by atoms with E-state index >= 15 is 0 Å². The van der Waals surface area contributed by atoms with Crippen LogP contribution in [0.4, 0.5) is 0 Å². The number of hydrogen-bond acceptors (Lipinski definition) is 8. The first-order valence-corrected chi connectivity index (χ1v) is 11.0. The van der Waals surface area contributed by atoms with Crippen molar-refractivity contribution in [2.45, 2.75) is 0 Å². The molecule has 0 saturated heterocycles. The largest absolute Gasteiger partial charge is 0.529 e. The van der Waals surface area contributed by atoms with Crippen LogP contribution in [-0.4, -0.2) is 28.4 Å². The van der Waals surface area contributed by atoms with Crippen LogP contribution in [0.15, 0.2) is 60.7 Å². The minimum Gasteiger partial charge on any atom is -0.399 e. The normalized spacial score (nSPS) is 13.0. The Labute approximate surface area is 164 Å². The minimum atomic E-state index is -3.97. The Morgan fingerprint density at radius 2 is 0.857 bits per heavy atom. The summed E-state index contributed by atoms with van der Waals surface area (Å²) in [5.74, 6) is -0.0404. The van der Waals surface area contributed by atoms with Gasteiger partial charge in [0.25, 0.3) is 0 Å². The summed E-state index contributed by atoms with van der Waals surface area (Å²) in [6, 6.07) is 17.4. The lowest BCUT2D eigenvalue weighted by Crippen LogP contribution is -2.03. The van der Waals surface area contributed by atoms with Gasteiger partial charge in [0.2, 0.25) is 0 Å². The third-order valence-electron chi connectivity index (χ3n) is 3.58. The van der Waals surface area contributed by atoms with Gasteiger partial charge in [-0.25, -0.2) is 9.13 Å². The van der Waals surface area contributed by atoms with Crippen LogP contribution in [0, 0.1) is 0 Å². The van der Waals surface area contributed by atoms with Gasteiger partial charge in [0, 0.05) is 39.6 Å². The second kappa shape index (κ2) is 10.0. The fraction of sp³-hybridized carbons (Fsp3) is 0.222. The molecule has 0 N–H and O–H groups in total. The zero-order chi connectivity index (χ0) is 20.6. The third kappa shape index (κ3) is 5.55. The number of benzene rings is 2. The molecular formula is C18H22O8P2. The lowest BCUT2D eigenvalue weighted by Gasteiger charge is -2.22. The standard InChI is InChI=1S/C18H22O8P2/c1-21-27(19,22-2)25-17(15-11-7-5-8-12-15)18(16-13-9-6-10-14-16)26-28(20,23-3)24-4/h5-14H,1-4H3/b18-17-. The van der Waals surface area contributed by atoms with E-state index in [9.17, 15) is 9.13 Å². The Morgan fingerprint density at radius 3 is 1.11 bits per heavy atom. The SMILES string of the molecule is COP(=O)(OC)O/C(=C(\OP(=O)(OC)OC)c1ccccc1)c1ccccc1. The van der Waals surface area contributed by atoms with Crippen LogP contribution in [0.25, 0.3) is 11.5 Å². The van der Waals surface area contributed by atoms with Gasteiger partial charge in [-0.2, -0.15) is 0 Å². The van der Waals surface area contributed by atoms with Crippen LogP contribution >= 0.6 is 15.6 Å². The molecule has 152 valence electrons. The van der Waals surface area contributed by atoms with Crippen molar-refractivity contribution in [1.82, 2.24) is 0 Å². The van der Waals surface area contributed by atoms with Gasteiger partial charge >= 0.3 is 15.6 Å². The van der Waals surface area contributed by atoms with Crippen molar-refractivity contribution in [2.24, 2.45) is 0 Å². The quantitative estimate of drug-likeness (QED) is 0.284. The summed E-state index contributed by atoms with van der Waals surface area (Å²) in [6.45, 7) is 0. The molecule has 2 aromatic rings. The van der Waals surface area contributed by atoms with Crippen LogP contribution < -0.4 is 0 Å². The highest BCUT2D eigenvalue weighted by atomic mass is 31.2. The molecule has 0 aliphatic carbocycles. The number of phosphoric acid groups is 2. The van der Waals surface area contributed by atoms with Crippen LogP contribution in [0.2, 0.25) is 0 Å². The molecule has 0 amide bonds. The molecule has 28 heavy (non-hydrogen) atoms.